The fraction of sp³-hybridized carbons (Fsp3) is 0.364. The Morgan fingerprint density at radius 3 is 2.21 bits per heavy atom. The van der Waals surface area contributed by atoms with E-state index in [1.54, 1.807) is 38.5 Å². The number of methoxy groups -OCH3 is 2. The number of ether oxygens (including phenoxy) is 3. The van der Waals surface area contributed by atoms with Gasteiger partial charge in [-0.1, -0.05) is 6.07 Å². The van der Waals surface area contributed by atoms with Crippen molar-refractivity contribution in [2.75, 3.05) is 20.8 Å². The summed E-state index contributed by atoms with van der Waals surface area (Å²) in [5.41, 5.74) is 1.32. The minimum absolute atomic E-state index is 0.0289. The maximum absolute atomic E-state index is 12.2. The number of hydrogen-bond donors (Lipinski definition) is 2. The smallest absolute Gasteiger partial charge is 0.251 e. The van der Waals surface area contributed by atoms with Gasteiger partial charge in [0.05, 0.1) is 32.9 Å². The lowest BCUT2D eigenvalue weighted by molar-refractivity contribution is -0.120. The predicted octanol–water partition coefficient (Wildman–Crippen LogP) is 3.10. The van der Waals surface area contributed by atoms with Gasteiger partial charge in [-0.25, -0.2) is 0 Å². The summed E-state index contributed by atoms with van der Waals surface area (Å²) >= 11 is 0. The molecule has 0 spiro atoms. The van der Waals surface area contributed by atoms with E-state index in [4.69, 9.17) is 14.2 Å². The van der Waals surface area contributed by atoms with E-state index in [1.807, 2.05) is 39.0 Å². The average molecular weight is 400 g/mol. The maximum atomic E-state index is 12.2. The van der Waals surface area contributed by atoms with Gasteiger partial charge < -0.3 is 24.8 Å². The van der Waals surface area contributed by atoms with Gasteiger partial charge >= 0.3 is 0 Å². The first-order chi connectivity index (χ1) is 13.8. The molecule has 7 heteroatoms. The van der Waals surface area contributed by atoms with Gasteiger partial charge in [0.1, 0.15) is 5.75 Å². The van der Waals surface area contributed by atoms with Gasteiger partial charge in [-0.15, -0.1) is 0 Å². The largest absolute Gasteiger partial charge is 0.497 e. The molecule has 2 aromatic carbocycles. The summed E-state index contributed by atoms with van der Waals surface area (Å²) in [5, 5.41) is 5.47. The molecule has 0 aliphatic heterocycles. The fourth-order valence-electron chi connectivity index (χ4n) is 2.69. The Labute approximate surface area is 171 Å². The molecule has 0 aliphatic rings. The van der Waals surface area contributed by atoms with E-state index in [0.717, 1.165) is 5.56 Å². The summed E-state index contributed by atoms with van der Waals surface area (Å²) in [7, 11) is 3.13. The third kappa shape index (κ3) is 6.41. The van der Waals surface area contributed by atoms with Crippen molar-refractivity contribution in [1.82, 2.24) is 10.6 Å². The van der Waals surface area contributed by atoms with Crippen LogP contribution >= 0.6 is 0 Å². The van der Waals surface area contributed by atoms with Crippen molar-refractivity contribution in [2.45, 2.75) is 32.9 Å². The molecule has 2 N–H and O–H groups in total. The highest BCUT2D eigenvalue weighted by molar-refractivity contribution is 5.96. The molecular formula is C22H28N2O5. The molecule has 0 aliphatic carbocycles. The van der Waals surface area contributed by atoms with Crippen LogP contribution in [0.25, 0.3) is 0 Å². The molecule has 0 saturated carbocycles. The fourth-order valence-corrected chi connectivity index (χ4v) is 2.69. The number of amides is 2. The second-order valence-corrected chi connectivity index (χ2v) is 6.78. The summed E-state index contributed by atoms with van der Waals surface area (Å²) < 4.78 is 16.2. The molecule has 1 unspecified atom stereocenters. The van der Waals surface area contributed by atoms with E-state index in [9.17, 15) is 9.59 Å². The lowest BCUT2D eigenvalue weighted by atomic mass is 10.1. The van der Waals surface area contributed by atoms with Crippen LogP contribution in [0.1, 0.15) is 42.7 Å². The van der Waals surface area contributed by atoms with Crippen LogP contribution in [-0.2, 0) is 4.79 Å². The van der Waals surface area contributed by atoms with Crippen LogP contribution in [0.4, 0.5) is 0 Å². The Kier molecular flexibility index (Phi) is 7.88. The van der Waals surface area contributed by atoms with E-state index < -0.39 is 0 Å². The average Bonchev–Trinajstić information content (AvgIpc) is 2.71. The predicted molar refractivity (Wildman–Crippen MR) is 111 cm³/mol. The molecule has 2 rings (SSSR count). The zero-order valence-electron chi connectivity index (χ0n) is 17.4. The van der Waals surface area contributed by atoms with Crippen LogP contribution in [0.2, 0.25) is 0 Å². The molecule has 0 radical (unpaired) electrons. The standard InChI is InChI=1S/C22H28N2O5/c1-14(2)29-19-11-8-17(12-20(19)28-5)15(3)24-21(25)13-23-22(26)16-6-9-18(27-4)10-7-16/h6-12,14-15H,13H2,1-5H3,(H,23,26)(H,24,25). The van der Waals surface area contributed by atoms with Gasteiger partial charge in [0, 0.05) is 5.56 Å². The molecule has 0 heterocycles. The van der Waals surface area contributed by atoms with Crippen LogP contribution in [0.15, 0.2) is 42.5 Å². The molecule has 1 atom stereocenters. The Bertz CT molecular complexity index is 834. The van der Waals surface area contributed by atoms with Gasteiger partial charge in [-0.2, -0.15) is 0 Å². The third-order valence-corrected chi connectivity index (χ3v) is 4.19. The minimum atomic E-state index is -0.327. The quantitative estimate of drug-likeness (QED) is 0.676. The van der Waals surface area contributed by atoms with Crippen LogP contribution in [0.5, 0.6) is 17.2 Å². The van der Waals surface area contributed by atoms with Crippen molar-refractivity contribution in [3.8, 4) is 17.2 Å². The molecule has 0 saturated heterocycles. The Morgan fingerprint density at radius 1 is 0.931 bits per heavy atom. The third-order valence-electron chi connectivity index (χ3n) is 4.19. The molecule has 2 amide bonds. The van der Waals surface area contributed by atoms with Gasteiger partial charge in [-0.05, 0) is 62.7 Å². The van der Waals surface area contributed by atoms with Gasteiger partial charge in [-0.3, -0.25) is 9.59 Å². The summed E-state index contributed by atoms with van der Waals surface area (Å²) in [6.45, 7) is 5.62. The number of hydrogen-bond acceptors (Lipinski definition) is 5. The van der Waals surface area contributed by atoms with E-state index in [2.05, 4.69) is 10.6 Å². The first-order valence-electron chi connectivity index (χ1n) is 9.40. The topological polar surface area (TPSA) is 85.9 Å². The minimum Gasteiger partial charge on any atom is -0.497 e. The molecule has 0 aromatic heterocycles. The van der Waals surface area contributed by atoms with Gasteiger partial charge in [0.2, 0.25) is 5.91 Å². The van der Waals surface area contributed by atoms with Crippen molar-refractivity contribution in [1.29, 1.82) is 0 Å². The van der Waals surface area contributed by atoms with Gasteiger partial charge in [0.15, 0.2) is 11.5 Å². The number of carbonyl (C=O) groups excluding carboxylic acids is 2. The lowest BCUT2D eigenvalue weighted by Gasteiger charge is -2.18. The Balaban J connectivity index is 1.91. The molecule has 0 bridgehead atoms. The molecule has 156 valence electrons. The van der Waals surface area contributed by atoms with Crippen molar-refractivity contribution in [2.24, 2.45) is 0 Å². The maximum Gasteiger partial charge on any atom is 0.251 e. The molecule has 29 heavy (non-hydrogen) atoms. The normalized spacial score (nSPS) is 11.5. The van der Waals surface area contributed by atoms with Crippen molar-refractivity contribution in [3.63, 3.8) is 0 Å². The number of benzene rings is 2. The van der Waals surface area contributed by atoms with E-state index >= 15 is 0 Å². The summed E-state index contributed by atoms with van der Waals surface area (Å²) in [6, 6.07) is 11.9. The summed E-state index contributed by atoms with van der Waals surface area (Å²) in [4.78, 5) is 24.4. The van der Waals surface area contributed by atoms with Crippen molar-refractivity contribution < 1.29 is 23.8 Å². The first-order valence-corrected chi connectivity index (χ1v) is 9.40. The molecule has 0 fully saturated rings. The molecular weight excluding hydrogens is 372 g/mol. The number of rotatable bonds is 9. The van der Waals surface area contributed by atoms with Crippen LogP contribution in [-0.4, -0.2) is 38.7 Å². The molecule has 2 aromatic rings. The lowest BCUT2D eigenvalue weighted by Crippen LogP contribution is -2.38. The van der Waals surface area contributed by atoms with Gasteiger partial charge in [0.25, 0.3) is 5.91 Å². The monoisotopic (exact) mass is 400 g/mol. The first kappa shape index (κ1) is 22.1. The highest BCUT2D eigenvalue weighted by Crippen LogP contribution is 2.31. The summed E-state index contributed by atoms with van der Waals surface area (Å²) in [5.74, 6) is 1.29. The van der Waals surface area contributed by atoms with Crippen LogP contribution in [0, 0.1) is 0 Å². The number of carbonyl (C=O) groups is 2. The van der Waals surface area contributed by atoms with E-state index in [0.29, 0.717) is 22.8 Å². The van der Waals surface area contributed by atoms with Crippen molar-refractivity contribution in [3.05, 3.63) is 53.6 Å². The highest BCUT2D eigenvalue weighted by atomic mass is 16.5. The summed E-state index contributed by atoms with van der Waals surface area (Å²) in [6.07, 6.45) is 0.0289. The highest BCUT2D eigenvalue weighted by Gasteiger charge is 2.15. The SMILES string of the molecule is COc1ccc(C(=O)NCC(=O)NC(C)c2ccc(OC(C)C)c(OC)c2)cc1. The van der Waals surface area contributed by atoms with Crippen LogP contribution < -0.4 is 24.8 Å². The Morgan fingerprint density at radius 2 is 1.62 bits per heavy atom. The van der Waals surface area contributed by atoms with Crippen molar-refractivity contribution >= 4 is 11.8 Å². The number of nitrogens with one attached hydrogen (secondary N) is 2. The van der Waals surface area contributed by atoms with E-state index in [-0.39, 0.29) is 30.5 Å². The van der Waals surface area contributed by atoms with E-state index in [1.165, 1.54) is 0 Å². The second kappa shape index (κ2) is 10.4. The molecule has 7 nitrogen and oxygen atoms in total. The zero-order valence-corrected chi connectivity index (χ0v) is 17.4. The zero-order chi connectivity index (χ0) is 21.4. The second-order valence-electron chi connectivity index (χ2n) is 6.78. The van der Waals surface area contributed by atoms with Crippen LogP contribution in [0.3, 0.4) is 0 Å². The Hall–Kier alpha value is -3.22.